The van der Waals surface area contributed by atoms with Gasteiger partial charge in [0.2, 0.25) is 11.8 Å². The Morgan fingerprint density at radius 1 is 0.968 bits per heavy atom. The number of hydrogen-bond acceptors (Lipinski definition) is 6. The molecule has 7 nitrogen and oxygen atoms in total. The molecule has 0 atom stereocenters. The Morgan fingerprint density at radius 3 is 2.35 bits per heavy atom. The standard InChI is InChI=1S/C23H22N4O3S/c1-4-18(28)26-20(15-10-7-6-8-11-15)24-21-23(26)31-22(25-27(21)19(29)5-2)16-12-9-13-17(14-16)30-3/h6-14H,4-5H2,1-3H3. The lowest BCUT2D eigenvalue weighted by atomic mass is 10.2. The second-order valence-corrected chi connectivity index (χ2v) is 7.79. The average molecular weight is 435 g/mol. The van der Waals surface area contributed by atoms with Crippen molar-refractivity contribution in [2.24, 2.45) is 5.10 Å². The summed E-state index contributed by atoms with van der Waals surface area (Å²) in [6, 6.07) is 16.9. The molecule has 1 amide bonds. The topological polar surface area (TPSA) is 76.8 Å². The van der Waals surface area contributed by atoms with Crippen LogP contribution in [0.2, 0.25) is 0 Å². The lowest BCUT2D eigenvalue weighted by Gasteiger charge is -2.22. The molecular weight excluding hydrogens is 412 g/mol. The number of benzene rings is 2. The number of ether oxygens (including phenoxy) is 1. The minimum Gasteiger partial charge on any atom is -0.497 e. The van der Waals surface area contributed by atoms with E-state index in [1.165, 1.54) is 16.8 Å². The second kappa shape index (κ2) is 8.77. The van der Waals surface area contributed by atoms with E-state index < -0.39 is 0 Å². The zero-order valence-electron chi connectivity index (χ0n) is 17.5. The first-order valence-electron chi connectivity index (χ1n) is 10.0. The number of thioether (sulfide) groups is 1. The first-order valence-corrected chi connectivity index (χ1v) is 10.8. The van der Waals surface area contributed by atoms with Crippen LogP contribution in [-0.4, -0.2) is 33.5 Å². The summed E-state index contributed by atoms with van der Waals surface area (Å²) < 4.78 is 6.93. The van der Waals surface area contributed by atoms with Crippen molar-refractivity contribution in [1.82, 2.24) is 9.55 Å². The van der Waals surface area contributed by atoms with E-state index >= 15 is 0 Å². The van der Waals surface area contributed by atoms with Crippen LogP contribution >= 0.6 is 11.8 Å². The number of carbonyl (C=O) groups excluding carboxylic acids is 2. The molecular formula is C23H22N4O3S. The zero-order valence-corrected chi connectivity index (χ0v) is 18.3. The van der Waals surface area contributed by atoms with Gasteiger partial charge in [-0.15, -0.1) is 0 Å². The molecule has 0 unspecified atom stereocenters. The fraction of sp³-hybridized carbons (Fsp3) is 0.217. The van der Waals surface area contributed by atoms with Gasteiger partial charge in [0.15, 0.2) is 5.82 Å². The molecule has 0 radical (unpaired) electrons. The SMILES string of the molecule is CCC(=O)N1N=C(c2cccc(OC)c2)Sc2c1nc(-c1ccccc1)n2C(=O)CC. The lowest BCUT2D eigenvalue weighted by Crippen LogP contribution is -2.29. The van der Waals surface area contributed by atoms with E-state index in [9.17, 15) is 9.59 Å². The van der Waals surface area contributed by atoms with E-state index in [-0.39, 0.29) is 18.2 Å². The normalized spacial score (nSPS) is 12.9. The number of methoxy groups -OCH3 is 1. The van der Waals surface area contributed by atoms with Crippen molar-refractivity contribution in [3.63, 3.8) is 0 Å². The molecule has 0 saturated carbocycles. The summed E-state index contributed by atoms with van der Waals surface area (Å²) in [4.78, 5) is 30.5. The van der Waals surface area contributed by atoms with Crippen LogP contribution < -0.4 is 9.75 Å². The number of hydrazone groups is 1. The van der Waals surface area contributed by atoms with Crippen LogP contribution in [0, 0.1) is 0 Å². The summed E-state index contributed by atoms with van der Waals surface area (Å²) >= 11 is 1.33. The molecule has 2 aromatic carbocycles. The zero-order chi connectivity index (χ0) is 22.0. The second-order valence-electron chi connectivity index (χ2n) is 6.81. The number of rotatable bonds is 5. The third-order valence-corrected chi connectivity index (χ3v) is 5.91. The Balaban J connectivity index is 1.91. The number of fused-ring (bicyclic) bond motifs is 1. The van der Waals surface area contributed by atoms with Gasteiger partial charge < -0.3 is 4.74 Å². The number of imidazole rings is 1. The first-order chi connectivity index (χ1) is 15.1. The predicted molar refractivity (Wildman–Crippen MR) is 122 cm³/mol. The van der Waals surface area contributed by atoms with Crippen molar-refractivity contribution < 1.29 is 14.3 Å². The van der Waals surface area contributed by atoms with E-state index in [2.05, 4.69) is 5.10 Å². The van der Waals surface area contributed by atoms with Crippen molar-refractivity contribution in [3.05, 3.63) is 60.2 Å². The van der Waals surface area contributed by atoms with Crippen LogP contribution in [0.3, 0.4) is 0 Å². The van der Waals surface area contributed by atoms with Crippen LogP contribution in [0.5, 0.6) is 5.75 Å². The smallest absolute Gasteiger partial charge is 0.248 e. The van der Waals surface area contributed by atoms with E-state index in [4.69, 9.17) is 9.72 Å². The summed E-state index contributed by atoms with van der Waals surface area (Å²) in [5.74, 6) is 1.26. The predicted octanol–water partition coefficient (Wildman–Crippen LogP) is 4.82. The molecule has 8 heteroatoms. The summed E-state index contributed by atoms with van der Waals surface area (Å²) in [6.45, 7) is 3.58. The fourth-order valence-corrected chi connectivity index (χ4v) is 4.29. The number of nitrogens with zero attached hydrogens (tertiary/aromatic N) is 4. The molecule has 4 rings (SSSR count). The number of carbonyl (C=O) groups is 2. The van der Waals surface area contributed by atoms with Crippen LogP contribution in [0.1, 0.15) is 37.0 Å². The van der Waals surface area contributed by atoms with Crippen molar-refractivity contribution in [2.75, 3.05) is 12.1 Å². The molecule has 0 aliphatic carbocycles. The highest BCUT2D eigenvalue weighted by atomic mass is 32.2. The number of hydrogen-bond donors (Lipinski definition) is 0. The summed E-state index contributed by atoms with van der Waals surface area (Å²) in [7, 11) is 1.60. The van der Waals surface area contributed by atoms with E-state index in [0.717, 1.165) is 11.1 Å². The average Bonchev–Trinajstić information content (AvgIpc) is 3.22. The molecule has 2 heterocycles. The fourth-order valence-electron chi connectivity index (χ4n) is 3.24. The maximum absolute atomic E-state index is 13.0. The molecule has 1 aromatic heterocycles. The van der Waals surface area contributed by atoms with E-state index in [1.54, 1.807) is 18.6 Å². The Kier molecular flexibility index (Phi) is 5.90. The Hall–Kier alpha value is -3.39. The Morgan fingerprint density at radius 2 is 1.68 bits per heavy atom. The Labute approximate surface area is 184 Å². The molecule has 0 saturated heterocycles. The van der Waals surface area contributed by atoms with E-state index in [1.807, 2.05) is 61.5 Å². The van der Waals surface area contributed by atoms with Gasteiger partial charge >= 0.3 is 0 Å². The largest absolute Gasteiger partial charge is 0.497 e. The lowest BCUT2D eigenvalue weighted by molar-refractivity contribution is -0.118. The van der Waals surface area contributed by atoms with Gasteiger partial charge in [-0.1, -0.05) is 56.3 Å². The molecule has 0 N–H and O–H groups in total. The quantitative estimate of drug-likeness (QED) is 0.575. The minimum atomic E-state index is -0.199. The van der Waals surface area contributed by atoms with Gasteiger partial charge in [-0.2, -0.15) is 10.1 Å². The highest BCUT2D eigenvalue weighted by Gasteiger charge is 2.33. The third-order valence-electron chi connectivity index (χ3n) is 4.84. The van der Waals surface area contributed by atoms with Crippen LogP contribution in [0.15, 0.2) is 64.7 Å². The van der Waals surface area contributed by atoms with Gasteiger partial charge in [-0.3, -0.25) is 14.2 Å². The molecule has 1 aliphatic heterocycles. The van der Waals surface area contributed by atoms with Crippen molar-refractivity contribution in [1.29, 1.82) is 0 Å². The van der Waals surface area contributed by atoms with Crippen molar-refractivity contribution in [2.45, 2.75) is 31.7 Å². The van der Waals surface area contributed by atoms with E-state index in [0.29, 0.717) is 33.9 Å². The molecule has 31 heavy (non-hydrogen) atoms. The highest BCUT2D eigenvalue weighted by molar-refractivity contribution is 8.14. The summed E-state index contributed by atoms with van der Waals surface area (Å²) in [6.07, 6.45) is 0.560. The third kappa shape index (κ3) is 3.86. The van der Waals surface area contributed by atoms with Gasteiger partial charge in [0, 0.05) is 24.0 Å². The summed E-state index contributed by atoms with van der Waals surface area (Å²) in [5.41, 5.74) is 1.59. The first kappa shape index (κ1) is 20.9. The molecule has 3 aromatic rings. The Bertz CT molecular complexity index is 1170. The van der Waals surface area contributed by atoms with Gasteiger partial charge in [0.1, 0.15) is 21.6 Å². The molecule has 0 bridgehead atoms. The van der Waals surface area contributed by atoms with Gasteiger partial charge in [-0.25, -0.2) is 4.98 Å². The van der Waals surface area contributed by atoms with Gasteiger partial charge in [-0.05, 0) is 23.9 Å². The molecule has 158 valence electrons. The highest BCUT2D eigenvalue weighted by Crippen LogP contribution is 2.41. The van der Waals surface area contributed by atoms with Crippen LogP contribution in [0.25, 0.3) is 11.4 Å². The maximum Gasteiger partial charge on any atom is 0.248 e. The van der Waals surface area contributed by atoms with Gasteiger partial charge in [0.05, 0.1) is 7.11 Å². The molecule has 0 fully saturated rings. The number of amides is 1. The number of aromatic nitrogens is 2. The van der Waals surface area contributed by atoms with Crippen LogP contribution in [0.4, 0.5) is 5.82 Å². The van der Waals surface area contributed by atoms with Gasteiger partial charge in [0.25, 0.3) is 0 Å². The molecule has 0 spiro atoms. The number of anilines is 1. The molecule has 1 aliphatic rings. The maximum atomic E-state index is 13.0. The van der Waals surface area contributed by atoms with Crippen LogP contribution in [-0.2, 0) is 4.79 Å². The summed E-state index contributed by atoms with van der Waals surface area (Å²) in [5, 5.41) is 7.08. The minimum absolute atomic E-state index is 0.101. The monoisotopic (exact) mass is 434 g/mol. The van der Waals surface area contributed by atoms with Crippen molar-refractivity contribution in [3.8, 4) is 17.1 Å². The van der Waals surface area contributed by atoms with Crippen molar-refractivity contribution >= 4 is 34.4 Å².